The highest BCUT2D eigenvalue weighted by Gasteiger charge is 2.12. The Labute approximate surface area is 109 Å². The summed E-state index contributed by atoms with van der Waals surface area (Å²) in [6.45, 7) is 1.83. The van der Waals surface area contributed by atoms with Gasteiger partial charge in [-0.25, -0.2) is 0 Å². The van der Waals surface area contributed by atoms with Crippen LogP contribution < -0.4 is 5.32 Å². The second kappa shape index (κ2) is 5.85. The van der Waals surface area contributed by atoms with Gasteiger partial charge in [0.1, 0.15) is 17.9 Å². The van der Waals surface area contributed by atoms with Crippen molar-refractivity contribution in [2.45, 2.75) is 6.92 Å². The molecule has 0 radical (unpaired) electrons. The van der Waals surface area contributed by atoms with Crippen molar-refractivity contribution >= 4 is 11.9 Å². The molecule has 0 saturated heterocycles. The first-order chi connectivity index (χ1) is 9.20. The third kappa shape index (κ3) is 3.21. The first kappa shape index (κ1) is 12.9. The smallest absolute Gasteiger partial charge is 0.325 e. The van der Waals surface area contributed by atoms with Crippen LogP contribution in [0.2, 0.25) is 0 Å². The summed E-state index contributed by atoms with van der Waals surface area (Å²) in [7, 11) is 0. The van der Waals surface area contributed by atoms with Crippen molar-refractivity contribution in [2.24, 2.45) is 0 Å². The summed E-state index contributed by atoms with van der Waals surface area (Å²) in [4.78, 5) is 25.8. The summed E-state index contributed by atoms with van der Waals surface area (Å²) in [5, 5.41) is 9.07. The molecule has 2 rings (SSSR count). The lowest BCUT2D eigenvalue weighted by Crippen LogP contribution is -2.30. The molecule has 0 aliphatic rings. The molecule has 0 saturated carbocycles. The zero-order valence-corrected chi connectivity index (χ0v) is 10.4. The lowest BCUT2D eigenvalue weighted by atomic mass is 10.3. The predicted octanol–water partition coefficient (Wildman–Crippen LogP) is 0.698. The molecule has 19 heavy (non-hydrogen) atoms. The van der Waals surface area contributed by atoms with E-state index in [1.54, 1.807) is 19.2 Å². The minimum Gasteiger partial charge on any atom is -0.465 e. The Balaban J connectivity index is 1.95. The fourth-order valence-electron chi connectivity index (χ4n) is 1.53. The number of H-pyrrole nitrogens is 2. The highest BCUT2D eigenvalue weighted by molar-refractivity contribution is 5.95. The number of carbonyl (C=O) groups excluding carboxylic acids is 2. The molecule has 100 valence electrons. The second-order valence-electron chi connectivity index (χ2n) is 3.74. The topological polar surface area (TPSA) is 99.9 Å². The summed E-state index contributed by atoms with van der Waals surface area (Å²) in [5.74, 6) is -0.877. The van der Waals surface area contributed by atoms with Gasteiger partial charge in [0.2, 0.25) is 0 Å². The van der Waals surface area contributed by atoms with E-state index in [1.807, 2.05) is 12.1 Å². The van der Waals surface area contributed by atoms with Gasteiger partial charge >= 0.3 is 5.97 Å². The van der Waals surface area contributed by atoms with Crippen LogP contribution in [0.1, 0.15) is 17.4 Å². The molecule has 0 atom stereocenters. The van der Waals surface area contributed by atoms with Crippen molar-refractivity contribution < 1.29 is 14.3 Å². The molecule has 0 fully saturated rings. The molecule has 7 heteroatoms. The summed E-state index contributed by atoms with van der Waals surface area (Å²) in [5.41, 5.74) is 1.72. The monoisotopic (exact) mass is 262 g/mol. The van der Waals surface area contributed by atoms with Gasteiger partial charge < -0.3 is 15.0 Å². The van der Waals surface area contributed by atoms with Gasteiger partial charge in [0.15, 0.2) is 0 Å². The third-order valence-electron chi connectivity index (χ3n) is 2.39. The highest BCUT2D eigenvalue weighted by atomic mass is 16.5. The van der Waals surface area contributed by atoms with E-state index in [0.29, 0.717) is 5.69 Å². The summed E-state index contributed by atoms with van der Waals surface area (Å²) in [6.07, 6.45) is 1.77. The maximum Gasteiger partial charge on any atom is 0.325 e. The molecule has 0 unspecified atom stereocenters. The Morgan fingerprint density at radius 3 is 3.00 bits per heavy atom. The van der Waals surface area contributed by atoms with E-state index < -0.39 is 11.9 Å². The lowest BCUT2D eigenvalue weighted by molar-refractivity contribution is -0.141. The normalized spacial score (nSPS) is 10.2. The summed E-state index contributed by atoms with van der Waals surface area (Å²) < 4.78 is 4.71. The largest absolute Gasteiger partial charge is 0.465 e. The predicted molar refractivity (Wildman–Crippen MR) is 67.3 cm³/mol. The van der Waals surface area contributed by atoms with E-state index in [2.05, 4.69) is 20.5 Å². The number of hydrogen-bond donors (Lipinski definition) is 3. The maximum atomic E-state index is 11.7. The van der Waals surface area contributed by atoms with Crippen LogP contribution in [0.25, 0.3) is 11.4 Å². The Kier molecular flexibility index (Phi) is 3.97. The molecule has 0 aliphatic carbocycles. The number of nitrogens with zero attached hydrogens (tertiary/aromatic N) is 1. The molecular formula is C12H14N4O3. The maximum absolute atomic E-state index is 11.7. The standard InChI is InChI=1S/C12H14N4O3/c1-2-19-11(17)7-14-12(18)10-6-9(15-16-10)8-4-3-5-13-8/h3-6,13H,2,7H2,1H3,(H,14,18)(H,15,16). The number of hydrogen-bond acceptors (Lipinski definition) is 4. The number of ether oxygens (including phenoxy) is 1. The fraction of sp³-hybridized carbons (Fsp3) is 0.250. The average molecular weight is 262 g/mol. The van der Waals surface area contributed by atoms with Crippen LogP contribution in [0, 0.1) is 0 Å². The third-order valence-corrected chi connectivity index (χ3v) is 2.39. The minimum atomic E-state index is -0.472. The van der Waals surface area contributed by atoms with Crippen molar-refractivity contribution in [3.05, 3.63) is 30.1 Å². The van der Waals surface area contributed by atoms with Crippen LogP contribution in [-0.4, -0.2) is 40.2 Å². The SMILES string of the molecule is CCOC(=O)CNC(=O)c1cc(-c2ccc[nH]2)n[nH]1. The quantitative estimate of drug-likeness (QED) is 0.690. The van der Waals surface area contributed by atoms with Crippen LogP contribution >= 0.6 is 0 Å². The van der Waals surface area contributed by atoms with Gasteiger partial charge in [0.25, 0.3) is 5.91 Å². The molecule has 2 heterocycles. The Morgan fingerprint density at radius 2 is 2.32 bits per heavy atom. The van der Waals surface area contributed by atoms with Crippen molar-refractivity contribution in [2.75, 3.05) is 13.2 Å². The first-order valence-corrected chi connectivity index (χ1v) is 5.83. The van der Waals surface area contributed by atoms with Crippen LogP contribution in [0.15, 0.2) is 24.4 Å². The van der Waals surface area contributed by atoms with Crippen molar-refractivity contribution in [1.82, 2.24) is 20.5 Å². The van der Waals surface area contributed by atoms with E-state index >= 15 is 0 Å². The zero-order valence-electron chi connectivity index (χ0n) is 10.4. The van der Waals surface area contributed by atoms with Gasteiger partial charge in [-0.2, -0.15) is 5.10 Å². The van der Waals surface area contributed by atoms with E-state index in [4.69, 9.17) is 4.74 Å². The van der Waals surface area contributed by atoms with Crippen LogP contribution in [0.3, 0.4) is 0 Å². The second-order valence-corrected chi connectivity index (χ2v) is 3.74. The molecule has 2 aromatic rings. The van der Waals surface area contributed by atoms with Gasteiger partial charge in [0, 0.05) is 6.20 Å². The highest BCUT2D eigenvalue weighted by Crippen LogP contribution is 2.14. The van der Waals surface area contributed by atoms with Crippen LogP contribution in [-0.2, 0) is 9.53 Å². The summed E-state index contributed by atoms with van der Waals surface area (Å²) in [6, 6.07) is 5.29. The van der Waals surface area contributed by atoms with Gasteiger partial charge in [-0.1, -0.05) is 0 Å². The van der Waals surface area contributed by atoms with E-state index in [9.17, 15) is 9.59 Å². The minimum absolute atomic E-state index is 0.163. The molecule has 0 aliphatic heterocycles. The molecule has 0 spiro atoms. The number of aromatic amines is 2. The molecule has 2 aromatic heterocycles. The number of aromatic nitrogens is 3. The van der Waals surface area contributed by atoms with Gasteiger partial charge in [0.05, 0.1) is 12.3 Å². The van der Waals surface area contributed by atoms with Crippen molar-refractivity contribution in [3.8, 4) is 11.4 Å². The van der Waals surface area contributed by atoms with E-state index in [1.165, 1.54) is 0 Å². The number of carbonyl (C=O) groups is 2. The average Bonchev–Trinajstić information content (AvgIpc) is 3.06. The molecule has 0 aromatic carbocycles. The summed E-state index contributed by atoms with van der Waals surface area (Å²) >= 11 is 0. The molecular weight excluding hydrogens is 248 g/mol. The molecule has 1 amide bonds. The Morgan fingerprint density at radius 1 is 1.47 bits per heavy atom. The Hall–Kier alpha value is -2.57. The van der Waals surface area contributed by atoms with Gasteiger partial charge in [-0.05, 0) is 25.1 Å². The van der Waals surface area contributed by atoms with Crippen LogP contribution in [0.4, 0.5) is 0 Å². The van der Waals surface area contributed by atoms with Gasteiger partial charge in [-0.15, -0.1) is 0 Å². The zero-order chi connectivity index (χ0) is 13.7. The van der Waals surface area contributed by atoms with Gasteiger partial charge in [-0.3, -0.25) is 14.7 Å². The fourth-order valence-corrected chi connectivity index (χ4v) is 1.53. The molecule has 3 N–H and O–H groups in total. The molecule has 0 bridgehead atoms. The first-order valence-electron chi connectivity index (χ1n) is 5.83. The van der Waals surface area contributed by atoms with E-state index in [0.717, 1.165) is 5.69 Å². The number of rotatable bonds is 5. The number of nitrogens with one attached hydrogen (secondary N) is 3. The Bertz CT molecular complexity index is 559. The van der Waals surface area contributed by atoms with Crippen LogP contribution in [0.5, 0.6) is 0 Å². The van der Waals surface area contributed by atoms with Crippen molar-refractivity contribution in [3.63, 3.8) is 0 Å². The van der Waals surface area contributed by atoms with E-state index in [-0.39, 0.29) is 18.8 Å². The van der Waals surface area contributed by atoms with Crippen molar-refractivity contribution in [1.29, 1.82) is 0 Å². The number of esters is 1. The lowest BCUT2D eigenvalue weighted by Gasteiger charge is -2.02. The molecule has 7 nitrogen and oxygen atoms in total. The number of amides is 1.